The summed E-state index contributed by atoms with van der Waals surface area (Å²) in [5.74, 6) is 1.71. The van der Waals surface area contributed by atoms with Crippen molar-refractivity contribution in [3.05, 3.63) is 12.2 Å². The minimum atomic E-state index is 0.557. The van der Waals surface area contributed by atoms with Crippen LogP contribution in [0.2, 0.25) is 0 Å². The van der Waals surface area contributed by atoms with E-state index in [0.717, 1.165) is 25.5 Å². The van der Waals surface area contributed by atoms with Gasteiger partial charge in [-0.15, -0.1) is 0 Å². The van der Waals surface area contributed by atoms with Crippen molar-refractivity contribution in [2.75, 3.05) is 13.1 Å². The van der Waals surface area contributed by atoms with E-state index in [-0.39, 0.29) is 0 Å². The Kier molecular flexibility index (Phi) is 3.79. The summed E-state index contributed by atoms with van der Waals surface area (Å²) < 4.78 is 1.86. The minimum absolute atomic E-state index is 0.557. The van der Waals surface area contributed by atoms with Gasteiger partial charge in [0.1, 0.15) is 12.2 Å². The van der Waals surface area contributed by atoms with Gasteiger partial charge in [-0.3, -0.25) is 9.58 Å². The smallest absolute Gasteiger partial charge is 0.140 e. The van der Waals surface area contributed by atoms with Gasteiger partial charge in [0.2, 0.25) is 0 Å². The van der Waals surface area contributed by atoms with E-state index in [9.17, 15) is 0 Å². The molecule has 1 fully saturated rings. The molecule has 0 aliphatic carbocycles. The van der Waals surface area contributed by atoms with Crippen molar-refractivity contribution >= 4 is 0 Å². The molecular weight excluding hydrogens is 214 g/mol. The van der Waals surface area contributed by atoms with Crippen molar-refractivity contribution < 1.29 is 0 Å². The van der Waals surface area contributed by atoms with E-state index >= 15 is 0 Å². The van der Waals surface area contributed by atoms with Crippen LogP contribution in [0.25, 0.3) is 0 Å². The second-order valence-corrected chi connectivity index (χ2v) is 5.34. The number of piperazine rings is 1. The Labute approximate surface area is 103 Å². The predicted molar refractivity (Wildman–Crippen MR) is 67.5 cm³/mol. The first-order valence-electron chi connectivity index (χ1n) is 6.38. The molecule has 2 heterocycles. The van der Waals surface area contributed by atoms with Crippen molar-refractivity contribution in [1.82, 2.24) is 25.0 Å². The Hall–Kier alpha value is -0.940. The van der Waals surface area contributed by atoms with Crippen LogP contribution in [0.1, 0.15) is 26.6 Å². The molecule has 0 amide bonds. The van der Waals surface area contributed by atoms with Crippen molar-refractivity contribution in [3.8, 4) is 0 Å². The second-order valence-electron chi connectivity index (χ2n) is 5.34. The summed E-state index contributed by atoms with van der Waals surface area (Å²) in [4.78, 5) is 6.80. The van der Waals surface area contributed by atoms with Crippen LogP contribution in [0, 0.1) is 5.92 Å². The van der Waals surface area contributed by atoms with Crippen LogP contribution in [0.4, 0.5) is 0 Å². The number of hydrogen-bond donors (Lipinski definition) is 1. The highest BCUT2D eigenvalue weighted by atomic mass is 15.3. The molecule has 96 valence electrons. The van der Waals surface area contributed by atoms with Crippen molar-refractivity contribution in [1.29, 1.82) is 0 Å². The Morgan fingerprint density at radius 3 is 2.88 bits per heavy atom. The quantitative estimate of drug-likeness (QED) is 0.838. The van der Waals surface area contributed by atoms with Crippen molar-refractivity contribution in [2.24, 2.45) is 13.0 Å². The topological polar surface area (TPSA) is 46.0 Å². The summed E-state index contributed by atoms with van der Waals surface area (Å²) >= 11 is 0. The van der Waals surface area contributed by atoms with Crippen LogP contribution in [-0.2, 0) is 13.6 Å². The Balaban J connectivity index is 2.01. The normalized spacial score (nSPS) is 26.6. The van der Waals surface area contributed by atoms with Crippen LogP contribution < -0.4 is 5.32 Å². The first kappa shape index (κ1) is 12.5. The van der Waals surface area contributed by atoms with E-state index in [1.54, 1.807) is 6.33 Å². The lowest BCUT2D eigenvalue weighted by Gasteiger charge is -2.40. The maximum atomic E-state index is 4.30. The van der Waals surface area contributed by atoms with E-state index in [2.05, 4.69) is 41.1 Å². The molecule has 5 heteroatoms. The molecule has 0 saturated carbocycles. The third kappa shape index (κ3) is 2.84. The molecule has 2 unspecified atom stereocenters. The summed E-state index contributed by atoms with van der Waals surface area (Å²) in [6.07, 6.45) is 1.63. The van der Waals surface area contributed by atoms with Crippen LogP contribution >= 0.6 is 0 Å². The number of nitrogens with zero attached hydrogens (tertiary/aromatic N) is 4. The largest absolute Gasteiger partial charge is 0.311 e. The molecule has 2 atom stereocenters. The average molecular weight is 237 g/mol. The number of rotatable bonds is 3. The summed E-state index contributed by atoms with van der Waals surface area (Å²) in [6, 6.07) is 1.14. The molecule has 0 radical (unpaired) electrons. The monoisotopic (exact) mass is 237 g/mol. The van der Waals surface area contributed by atoms with Gasteiger partial charge in [-0.1, -0.05) is 13.8 Å². The van der Waals surface area contributed by atoms with Crippen LogP contribution in [0.15, 0.2) is 6.33 Å². The molecule has 1 aromatic rings. The summed E-state index contributed by atoms with van der Waals surface area (Å²) in [5.41, 5.74) is 0. The fourth-order valence-electron chi connectivity index (χ4n) is 2.26. The molecule has 1 aromatic heterocycles. The highest BCUT2D eigenvalue weighted by molar-refractivity contribution is 4.90. The van der Waals surface area contributed by atoms with Crippen LogP contribution in [0.3, 0.4) is 0 Å². The van der Waals surface area contributed by atoms with E-state index in [1.807, 2.05) is 11.7 Å². The first-order valence-corrected chi connectivity index (χ1v) is 6.38. The number of aryl methyl sites for hydroxylation is 1. The first-order chi connectivity index (χ1) is 8.08. The SMILES string of the molecule is CC(C)C1CN(Cc2ncnn2C)C(C)CN1. The van der Waals surface area contributed by atoms with Gasteiger partial charge < -0.3 is 5.32 Å². The lowest BCUT2D eigenvalue weighted by Crippen LogP contribution is -2.56. The van der Waals surface area contributed by atoms with E-state index < -0.39 is 0 Å². The summed E-state index contributed by atoms with van der Waals surface area (Å²) in [5, 5.41) is 7.73. The van der Waals surface area contributed by atoms with Gasteiger partial charge in [0, 0.05) is 32.2 Å². The third-order valence-electron chi connectivity index (χ3n) is 3.68. The molecule has 17 heavy (non-hydrogen) atoms. The van der Waals surface area contributed by atoms with E-state index in [0.29, 0.717) is 18.0 Å². The highest BCUT2D eigenvalue weighted by Gasteiger charge is 2.27. The zero-order valence-corrected chi connectivity index (χ0v) is 11.2. The lowest BCUT2D eigenvalue weighted by atomic mass is 10.00. The summed E-state index contributed by atoms with van der Waals surface area (Å²) in [6.45, 7) is 9.84. The zero-order chi connectivity index (χ0) is 12.4. The van der Waals surface area contributed by atoms with Crippen molar-refractivity contribution in [2.45, 2.75) is 39.4 Å². The lowest BCUT2D eigenvalue weighted by molar-refractivity contribution is 0.112. The molecule has 1 saturated heterocycles. The molecule has 1 aliphatic heterocycles. The summed E-state index contributed by atoms with van der Waals surface area (Å²) in [7, 11) is 1.95. The molecule has 2 rings (SSSR count). The fraction of sp³-hybridized carbons (Fsp3) is 0.833. The fourth-order valence-corrected chi connectivity index (χ4v) is 2.26. The van der Waals surface area contributed by atoms with Gasteiger partial charge in [0.15, 0.2) is 0 Å². The van der Waals surface area contributed by atoms with Gasteiger partial charge in [0.05, 0.1) is 6.54 Å². The Morgan fingerprint density at radius 1 is 1.53 bits per heavy atom. The van der Waals surface area contributed by atoms with Crippen LogP contribution in [-0.4, -0.2) is 44.8 Å². The molecular formula is C12H23N5. The number of nitrogens with one attached hydrogen (secondary N) is 1. The maximum absolute atomic E-state index is 4.30. The molecule has 0 bridgehead atoms. The average Bonchev–Trinajstić information content (AvgIpc) is 2.67. The van der Waals surface area contributed by atoms with E-state index in [1.165, 1.54) is 0 Å². The second kappa shape index (κ2) is 5.14. The molecule has 0 aromatic carbocycles. The van der Waals surface area contributed by atoms with Gasteiger partial charge in [-0.25, -0.2) is 4.98 Å². The van der Waals surface area contributed by atoms with Gasteiger partial charge in [-0.2, -0.15) is 5.10 Å². The zero-order valence-electron chi connectivity index (χ0n) is 11.2. The van der Waals surface area contributed by atoms with Crippen molar-refractivity contribution in [3.63, 3.8) is 0 Å². The molecule has 1 N–H and O–H groups in total. The van der Waals surface area contributed by atoms with Gasteiger partial charge in [-0.05, 0) is 12.8 Å². The number of hydrogen-bond acceptors (Lipinski definition) is 4. The Bertz CT molecular complexity index is 360. The standard InChI is InChI=1S/C12H23N5/c1-9(2)11-6-17(10(3)5-13-11)7-12-14-8-15-16(12)4/h8-11,13H,5-7H2,1-4H3. The van der Waals surface area contributed by atoms with E-state index in [4.69, 9.17) is 0 Å². The molecule has 0 spiro atoms. The van der Waals surface area contributed by atoms with Gasteiger partial charge in [0.25, 0.3) is 0 Å². The third-order valence-corrected chi connectivity index (χ3v) is 3.68. The predicted octanol–water partition coefficient (Wildman–Crippen LogP) is 0.633. The number of aromatic nitrogens is 3. The van der Waals surface area contributed by atoms with Crippen LogP contribution in [0.5, 0.6) is 0 Å². The minimum Gasteiger partial charge on any atom is -0.311 e. The molecule has 5 nitrogen and oxygen atoms in total. The Morgan fingerprint density at radius 2 is 2.29 bits per heavy atom. The molecule has 1 aliphatic rings. The maximum Gasteiger partial charge on any atom is 0.140 e. The van der Waals surface area contributed by atoms with Gasteiger partial charge >= 0.3 is 0 Å². The highest BCUT2D eigenvalue weighted by Crippen LogP contribution is 2.14.